The van der Waals surface area contributed by atoms with Crippen LogP contribution in [0.1, 0.15) is 30.5 Å². The number of hydrogen-bond donors (Lipinski definition) is 1. The van der Waals surface area contributed by atoms with E-state index in [-0.39, 0.29) is 17.4 Å². The molecule has 0 aliphatic carbocycles. The summed E-state index contributed by atoms with van der Waals surface area (Å²) in [7, 11) is 1.36. The topological polar surface area (TPSA) is 47.6 Å². The van der Waals surface area contributed by atoms with Gasteiger partial charge in [0.25, 0.3) is 0 Å². The van der Waals surface area contributed by atoms with E-state index < -0.39 is 6.61 Å². The molecule has 0 unspecified atom stereocenters. The lowest BCUT2D eigenvalue weighted by atomic mass is 10.0. The third kappa shape index (κ3) is 5.29. The average molecular weight is 375 g/mol. The van der Waals surface area contributed by atoms with Crippen molar-refractivity contribution < 1.29 is 23.0 Å². The summed E-state index contributed by atoms with van der Waals surface area (Å²) < 4.78 is 35.0. The van der Waals surface area contributed by atoms with E-state index in [0.717, 1.165) is 29.7 Å². The zero-order valence-electron chi connectivity index (χ0n) is 15.6. The number of ether oxygens (including phenoxy) is 2. The van der Waals surface area contributed by atoms with Gasteiger partial charge in [-0.2, -0.15) is 8.78 Å². The molecule has 4 nitrogen and oxygen atoms in total. The molecule has 1 amide bonds. The van der Waals surface area contributed by atoms with E-state index in [1.165, 1.54) is 25.3 Å². The molecule has 2 aromatic rings. The van der Waals surface area contributed by atoms with Crippen molar-refractivity contribution in [3.05, 3.63) is 59.2 Å². The van der Waals surface area contributed by atoms with Crippen molar-refractivity contribution in [2.45, 2.75) is 33.3 Å². The average Bonchev–Trinajstić information content (AvgIpc) is 2.66. The van der Waals surface area contributed by atoms with E-state index in [1.54, 1.807) is 12.1 Å². The number of para-hydroxylation sites is 2. The van der Waals surface area contributed by atoms with Gasteiger partial charge in [-0.15, -0.1) is 0 Å². The van der Waals surface area contributed by atoms with Crippen LogP contribution in [0.15, 0.2) is 42.5 Å². The summed E-state index contributed by atoms with van der Waals surface area (Å²) in [5.74, 6) is -0.291. The van der Waals surface area contributed by atoms with Crippen molar-refractivity contribution in [1.29, 1.82) is 0 Å². The lowest BCUT2D eigenvalue weighted by molar-refractivity contribution is -0.111. The van der Waals surface area contributed by atoms with Gasteiger partial charge in [0, 0.05) is 17.3 Å². The molecule has 2 aromatic carbocycles. The normalized spacial score (nSPS) is 11.0. The van der Waals surface area contributed by atoms with Crippen molar-refractivity contribution >= 4 is 17.7 Å². The van der Waals surface area contributed by atoms with E-state index in [2.05, 4.69) is 10.1 Å². The first-order valence-corrected chi connectivity index (χ1v) is 8.71. The van der Waals surface area contributed by atoms with Crippen molar-refractivity contribution in [2.24, 2.45) is 0 Å². The van der Waals surface area contributed by atoms with Crippen molar-refractivity contribution in [3.63, 3.8) is 0 Å². The summed E-state index contributed by atoms with van der Waals surface area (Å²) in [4.78, 5) is 12.4. The van der Waals surface area contributed by atoms with Crippen LogP contribution in [-0.4, -0.2) is 19.6 Å². The zero-order chi connectivity index (χ0) is 19.8. The summed E-state index contributed by atoms with van der Waals surface area (Å²) in [5.41, 5.74) is 3.20. The Labute approximate surface area is 157 Å². The van der Waals surface area contributed by atoms with Crippen LogP contribution >= 0.6 is 0 Å². The number of halogens is 2. The third-order valence-electron chi connectivity index (χ3n) is 4.10. The van der Waals surface area contributed by atoms with Crippen LogP contribution in [0, 0.1) is 0 Å². The predicted molar refractivity (Wildman–Crippen MR) is 102 cm³/mol. The third-order valence-corrected chi connectivity index (χ3v) is 4.10. The molecule has 0 atom stereocenters. The van der Waals surface area contributed by atoms with Crippen LogP contribution < -0.4 is 14.8 Å². The number of anilines is 1. The van der Waals surface area contributed by atoms with Crippen molar-refractivity contribution in [2.75, 3.05) is 12.4 Å². The van der Waals surface area contributed by atoms with Gasteiger partial charge in [0.2, 0.25) is 5.91 Å². The molecule has 1 N–H and O–H groups in total. The molecule has 27 heavy (non-hydrogen) atoms. The minimum Gasteiger partial charge on any atom is -0.493 e. The SMILES string of the molecule is CCc1cccc(CC)c1NC(=O)/C=C/c1cccc(OC)c1OC(F)F. The summed E-state index contributed by atoms with van der Waals surface area (Å²) in [6.45, 7) is 1.04. The van der Waals surface area contributed by atoms with Gasteiger partial charge >= 0.3 is 6.61 Å². The van der Waals surface area contributed by atoms with E-state index in [4.69, 9.17) is 4.74 Å². The fourth-order valence-electron chi connectivity index (χ4n) is 2.77. The van der Waals surface area contributed by atoms with E-state index >= 15 is 0 Å². The number of carbonyl (C=O) groups is 1. The van der Waals surface area contributed by atoms with Crippen LogP contribution in [0.3, 0.4) is 0 Å². The first-order chi connectivity index (χ1) is 13.0. The molecule has 0 saturated carbocycles. The Morgan fingerprint density at radius 3 is 2.30 bits per heavy atom. The molecule has 6 heteroatoms. The highest BCUT2D eigenvalue weighted by atomic mass is 19.3. The largest absolute Gasteiger partial charge is 0.493 e. The number of aryl methyl sites for hydroxylation is 2. The Hall–Kier alpha value is -2.89. The number of benzene rings is 2. The lowest BCUT2D eigenvalue weighted by Crippen LogP contribution is -2.12. The zero-order valence-corrected chi connectivity index (χ0v) is 15.6. The Kier molecular flexibility index (Phi) is 7.34. The van der Waals surface area contributed by atoms with E-state index in [1.807, 2.05) is 32.0 Å². The maximum atomic E-state index is 12.7. The van der Waals surface area contributed by atoms with Crippen LogP contribution in [0.25, 0.3) is 6.08 Å². The van der Waals surface area contributed by atoms with Crippen molar-refractivity contribution in [3.8, 4) is 11.5 Å². The smallest absolute Gasteiger partial charge is 0.387 e. The standard InChI is InChI=1S/C21H23F2NO3/c1-4-14-8-6-9-15(5-2)19(14)24-18(25)13-12-16-10-7-11-17(26-3)20(16)27-21(22)23/h6-13,21H,4-5H2,1-3H3,(H,24,25)/b13-12+. The number of amides is 1. The van der Waals surface area contributed by atoms with Crippen molar-refractivity contribution in [1.82, 2.24) is 0 Å². The van der Waals surface area contributed by atoms with Crippen LogP contribution in [0.4, 0.5) is 14.5 Å². The monoisotopic (exact) mass is 375 g/mol. The van der Waals surface area contributed by atoms with Gasteiger partial charge in [-0.1, -0.05) is 44.2 Å². The maximum Gasteiger partial charge on any atom is 0.387 e. The maximum absolute atomic E-state index is 12.7. The number of nitrogens with one attached hydrogen (secondary N) is 1. The minimum absolute atomic E-state index is 0.109. The molecule has 0 aromatic heterocycles. The van der Waals surface area contributed by atoms with Gasteiger partial charge in [0.1, 0.15) is 0 Å². The van der Waals surface area contributed by atoms with Gasteiger partial charge in [0.05, 0.1) is 7.11 Å². The first kappa shape index (κ1) is 20.4. The Balaban J connectivity index is 2.26. The van der Waals surface area contributed by atoms with E-state index in [9.17, 15) is 13.6 Å². The number of alkyl halides is 2. The van der Waals surface area contributed by atoms with Crippen LogP contribution in [-0.2, 0) is 17.6 Å². The van der Waals surface area contributed by atoms with Gasteiger partial charge in [-0.25, -0.2) is 0 Å². The summed E-state index contributed by atoms with van der Waals surface area (Å²) >= 11 is 0. The summed E-state index contributed by atoms with van der Waals surface area (Å²) in [6, 6.07) is 10.6. The van der Waals surface area contributed by atoms with Crippen LogP contribution in [0.2, 0.25) is 0 Å². The molecule has 2 rings (SSSR count). The lowest BCUT2D eigenvalue weighted by Gasteiger charge is -2.14. The Morgan fingerprint density at radius 2 is 1.74 bits per heavy atom. The highest BCUT2D eigenvalue weighted by Gasteiger charge is 2.14. The second-order valence-corrected chi connectivity index (χ2v) is 5.74. The Morgan fingerprint density at radius 1 is 1.11 bits per heavy atom. The molecule has 0 saturated heterocycles. The number of methoxy groups -OCH3 is 1. The molecule has 0 aliphatic heterocycles. The number of rotatable bonds is 8. The molecule has 0 heterocycles. The first-order valence-electron chi connectivity index (χ1n) is 8.71. The minimum atomic E-state index is -2.99. The second kappa shape index (κ2) is 9.71. The molecule has 0 radical (unpaired) electrons. The molecular weight excluding hydrogens is 352 g/mol. The van der Waals surface area contributed by atoms with Gasteiger partial charge in [0.15, 0.2) is 11.5 Å². The van der Waals surface area contributed by atoms with Gasteiger partial charge < -0.3 is 14.8 Å². The van der Waals surface area contributed by atoms with Gasteiger partial charge in [-0.3, -0.25) is 4.79 Å². The molecule has 144 valence electrons. The quantitative estimate of drug-likeness (QED) is 0.655. The summed E-state index contributed by atoms with van der Waals surface area (Å²) in [5, 5.41) is 2.89. The highest BCUT2D eigenvalue weighted by molar-refractivity contribution is 6.03. The fraction of sp³-hybridized carbons (Fsp3) is 0.286. The molecule has 0 spiro atoms. The second-order valence-electron chi connectivity index (χ2n) is 5.74. The molecule has 0 bridgehead atoms. The van der Waals surface area contributed by atoms with Crippen LogP contribution in [0.5, 0.6) is 11.5 Å². The summed E-state index contributed by atoms with van der Waals surface area (Å²) in [6.07, 6.45) is 4.29. The number of carbonyl (C=O) groups excluding carboxylic acids is 1. The van der Waals surface area contributed by atoms with E-state index in [0.29, 0.717) is 5.56 Å². The molecular formula is C21H23F2NO3. The predicted octanol–water partition coefficient (Wildman–Crippen LogP) is 5.07. The fourth-order valence-corrected chi connectivity index (χ4v) is 2.77. The molecule has 0 aliphatic rings. The highest BCUT2D eigenvalue weighted by Crippen LogP contribution is 2.33. The number of hydrogen-bond acceptors (Lipinski definition) is 3. The van der Waals surface area contributed by atoms with Gasteiger partial charge in [-0.05, 0) is 36.1 Å². The molecule has 0 fully saturated rings. The Bertz CT molecular complexity index is 797.